The van der Waals surface area contributed by atoms with E-state index in [2.05, 4.69) is 0 Å². The molecular formula is C19H24O7. The third-order valence-electron chi connectivity index (χ3n) is 4.86. The zero-order valence-electron chi connectivity index (χ0n) is 15.1. The van der Waals surface area contributed by atoms with E-state index in [1.165, 1.54) is 14.2 Å². The molecule has 1 heterocycles. The molecule has 2 atom stereocenters. The number of benzene rings is 1. The Balaban J connectivity index is 1.83. The Hall–Kier alpha value is -1.96. The van der Waals surface area contributed by atoms with E-state index in [1.807, 2.05) is 30.3 Å². The Morgan fingerprint density at radius 2 is 1.81 bits per heavy atom. The number of carbonyl (C=O) groups is 2. The second-order valence-electron chi connectivity index (χ2n) is 6.60. The van der Waals surface area contributed by atoms with Crippen molar-refractivity contribution in [1.29, 1.82) is 0 Å². The second kappa shape index (κ2) is 7.73. The molecule has 0 amide bonds. The van der Waals surface area contributed by atoms with Crippen molar-refractivity contribution in [1.82, 2.24) is 0 Å². The number of esters is 2. The van der Waals surface area contributed by atoms with Crippen LogP contribution in [0.3, 0.4) is 0 Å². The average molecular weight is 364 g/mol. The number of hydrogen-bond donors (Lipinski definition) is 0. The maximum absolute atomic E-state index is 12.6. The molecule has 0 N–H and O–H groups in total. The fraction of sp³-hybridized carbons (Fsp3) is 0.579. The molecule has 7 nitrogen and oxygen atoms in total. The quantitative estimate of drug-likeness (QED) is 0.714. The van der Waals surface area contributed by atoms with Crippen molar-refractivity contribution in [2.24, 2.45) is 0 Å². The Kier molecular flexibility index (Phi) is 5.60. The van der Waals surface area contributed by atoms with Gasteiger partial charge in [-0.25, -0.2) is 9.59 Å². The summed E-state index contributed by atoms with van der Waals surface area (Å²) in [7, 11) is 2.50. The summed E-state index contributed by atoms with van der Waals surface area (Å²) in [5.41, 5.74) is -0.738. The van der Waals surface area contributed by atoms with Crippen molar-refractivity contribution in [2.45, 2.75) is 49.8 Å². The molecule has 1 saturated heterocycles. The van der Waals surface area contributed by atoms with Crippen LogP contribution in [-0.2, 0) is 39.9 Å². The molecule has 3 rings (SSSR count). The van der Waals surface area contributed by atoms with Crippen molar-refractivity contribution < 1.29 is 33.3 Å². The van der Waals surface area contributed by atoms with Gasteiger partial charge in [0.2, 0.25) is 5.60 Å². The standard InChI is InChI=1S/C19H24O7/c1-22-16(20)15-19(17(21)23-2,26-18(25-15)10-6-7-11-18)13-24-12-14-8-4-3-5-9-14/h3-5,8-9,15H,6-7,10-13H2,1-2H3/t15-,19+/m1/s1. The minimum atomic E-state index is -1.68. The van der Waals surface area contributed by atoms with Crippen LogP contribution in [0.15, 0.2) is 30.3 Å². The van der Waals surface area contributed by atoms with Crippen LogP contribution >= 0.6 is 0 Å². The van der Waals surface area contributed by atoms with Gasteiger partial charge in [0.05, 0.1) is 27.4 Å². The molecule has 2 aliphatic rings. The number of hydrogen-bond acceptors (Lipinski definition) is 7. The lowest BCUT2D eigenvalue weighted by molar-refractivity contribution is -0.207. The zero-order valence-corrected chi connectivity index (χ0v) is 15.1. The first-order valence-corrected chi connectivity index (χ1v) is 8.71. The van der Waals surface area contributed by atoms with Gasteiger partial charge in [0.1, 0.15) is 0 Å². The topological polar surface area (TPSA) is 80.3 Å². The number of rotatable bonds is 6. The van der Waals surface area contributed by atoms with E-state index in [9.17, 15) is 9.59 Å². The Morgan fingerprint density at radius 3 is 2.42 bits per heavy atom. The lowest BCUT2D eigenvalue weighted by Crippen LogP contribution is -2.55. The van der Waals surface area contributed by atoms with Gasteiger partial charge in [-0.1, -0.05) is 30.3 Å². The monoisotopic (exact) mass is 364 g/mol. The third-order valence-corrected chi connectivity index (χ3v) is 4.86. The van der Waals surface area contributed by atoms with E-state index in [0.29, 0.717) is 12.8 Å². The predicted molar refractivity (Wildman–Crippen MR) is 90.0 cm³/mol. The molecule has 1 aliphatic carbocycles. The third kappa shape index (κ3) is 3.47. The summed E-state index contributed by atoms with van der Waals surface area (Å²) in [5.74, 6) is -2.35. The molecule has 0 radical (unpaired) electrons. The van der Waals surface area contributed by atoms with Crippen LogP contribution in [0.4, 0.5) is 0 Å². The first-order chi connectivity index (χ1) is 12.6. The zero-order chi connectivity index (χ0) is 18.6. The highest BCUT2D eigenvalue weighted by Crippen LogP contribution is 2.47. The molecule has 1 saturated carbocycles. The largest absolute Gasteiger partial charge is 0.467 e. The smallest absolute Gasteiger partial charge is 0.344 e. The molecule has 1 aromatic rings. The van der Waals surface area contributed by atoms with Crippen molar-refractivity contribution in [3.8, 4) is 0 Å². The second-order valence-corrected chi connectivity index (χ2v) is 6.60. The molecule has 0 aromatic heterocycles. The van der Waals surface area contributed by atoms with Crippen LogP contribution in [0, 0.1) is 0 Å². The van der Waals surface area contributed by atoms with Gasteiger partial charge in [0.15, 0.2) is 11.9 Å². The lowest BCUT2D eigenvalue weighted by atomic mass is 9.97. The number of methoxy groups -OCH3 is 2. The first-order valence-electron chi connectivity index (χ1n) is 8.71. The molecule has 1 aromatic carbocycles. The Morgan fingerprint density at radius 1 is 1.12 bits per heavy atom. The summed E-state index contributed by atoms with van der Waals surface area (Å²) in [6, 6.07) is 9.52. The van der Waals surface area contributed by atoms with Crippen molar-refractivity contribution in [2.75, 3.05) is 20.8 Å². The van der Waals surface area contributed by atoms with Gasteiger partial charge in [-0.05, 0) is 18.4 Å². The van der Waals surface area contributed by atoms with E-state index in [0.717, 1.165) is 18.4 Å². The van der Waals surface area contributed by atoms with E-state index >= 15 is 0 Å². The van der Waals surface area contributed by atoms with Gasteiger partial charge in [-0.3, -0.25) is 0 Å². The first kappa shape index (κ1) is 18.8. The number of carbonyl (C=O) groups excluding carboxylic acids is 2. The Labute approximate surface area is 152 Å². The summed E-state index contributed by atoms with van der Waals surface area (Å²) in [6.07, 6.45) is 1.79. The maximum Gasteiger partial charge on any atom is 0.344 e. The summed E-state index contributed by atoms with van der Waals surface area (Å²) in [5, 5.41) is 0. The van der Waals surface area contributed by atoms with Crippen LogP contribution in [0.25, 0.3) is 0 Å². The van der Waals surface area contributed by atoms with Crippen molar-refractivity contribution in [3.05, 3.63) is 35.9 Å². The maximum atomic E-state index is 12.6. The fourth-order valence-electron chi connectivity index (χ4n) is 3.58. The van der Waals surface area contributed by atoms with Gasteiger partial charge >= 0.3 is 11.9 Å². The van der Waals surface area contributed by atoms with Crippen LogP contribution < -0.4 is 0 Å². The molecule has 1 spiro atoms. The van der Waals surface area contributed by atoms with Crippen LogP contribution in [0.1, 0.15) is 31.2 Å². The van der Waals surface area contributed by atoms with Gasteiger partial charge in [-0.2, -0.15) is 0 Å². The van der Waals surface area contributed by atoms with Gasteiger partial charge in [0.25, 0.3) is 0 Å². The minimum Gasteiger partial charge on any atom is -0.467 e. The molecule has 1 aliphatic heterocycles. The molecule has 142 valence electrons. The van der Waals surface area contributed by atoms with Crippen molar-refractivity contribution >= 4 is 11.9 Å². The Bertz CT molecular complexity index is 639. The highest BCUT2D eigenvalue weighted by atomic mass is 16.8. The molecular weight excluding hydrogens is 340 g/mol. The normalized spacial score (nSPS) is 26.8. The summed E-state index contributed by atoms with van der Waals surface area (Å²) in [4.78, 5) is 25.0. The summed E-state index contributed by atoms with van der Waals surface area (Å²) >= 11 is 0. The van der Waals surface area contributed by atoms with E-state index in [1.54, 1.807) is 0 Å². The van der Waals surface area contributed by atoms with Crippen LogP contribution in [0.2, 0.25) is 0 Å². The van der Waals surface area contributed by atoms with Crippen LogP contribution in [0.5, 0.6) is 0 Å². The molecule has 26 heavy (non-hydrogen) atoms. The summed E-state index contributed by atoms with van der Waals surface area (Å²) in [6.45, 7) is 0.0971. The van der Waals surface area contributed by atoms with E-state index in [4.69, 9.17) is 23.7 Å². The van der Waals surface area contributed by atoms with Gasteiger partial charge in [0, 0.05) is 12.8 Å². The molecule has 0 unspecified atom stereocenters. The average Bonchev–Trinajstić information content (AvgIpc) is 3.26. The highest BCUT2D eigenvalue weighted by Gasteiger charge is 2.66. The highest BCUT2D eigenvalue weighted by molar-refractivity contribution is 5.90. The lowest BCUT2D eigenvalue weighted by Gasteiger charge is -2.29. The van der Waals surface area contributed by atoms with E-state index < -0.39 is 29.4 Å². The minimum absolute atomic E-state index is 0.171. The molecule has 7 heteroatoms. The van der Waals surface area contributed by atoms with Gasteiger partial charge < -0.3 is 23.7 Å². The van der Waals surface area contributed by atoms with Crippen LogP contribution in [-0.4, -0.2) is 50.3 Å². The van der Waals surface area contributed by atoms with Gasteiger partial charge in [-0.15, -0.1) is 0 Å². The fourth-order valence-corrected chi connectivity index (χ4v) is 3.58. The SMILES string of the molecule is COC(=O)[C@H]1OC2(CCCC2)O[C@]1(COCc1ccccc1)C(=O)OC. The molecule has 0 bridgehead atoms. The molecule has 2 fully saturated rings. The number of ether oxygens (including phenoxy) is 5. The predicted octanol–water partition coefficient (Wildman–Crippen LogP) is 1.97. The summed E-state index contributed by atoms with van der Waals surface area (Å²) < 4.78 is 27.6. The van der Waals surface area contributed by atoms with Crippen molar-refractivity contribution in [3.63, 3.8) is 0 Å². The van der Waals surface area contributed by atoms with E-state index in [-0.39, 0.29) is 13.2 Å².